The van der Waals surface area contributed by atoms with Gasteiger partial charge in [-0.1, -0.05) is 13.8 Å². The summed E-state index contributed by atoms with van der Waals surface area (Å²) in [4.78, 5) is 47.7. The van der Waals surface area contributed by atoms with Gasteiger partial charge in [-0.25, -0.2) is 9.78 Å². The monoisotopic (exact) mass is 471 g/mol. The van der Waals surface area contributed by atoms with Gasteiger partial charge in [0.05, 0.1) is 10.9 Å². The van der Waals surface area contributed by atoms with E-state index >= 15 is 0 Å². The van der Waals surface area contributed by atoms with Gasteiger partial charge in [0.1, 0.15) is 0 Å². The number of nitrogens with one attached hydrogen (secondary N) is 2. The molecule has 1 saturated heterocycles. The van der Waals surface area contributed by atoms with Gasteiger partial charge in [0.2, 0.25) is 0 Å². The predicted molar refractivity (Wildman–Crippen MR) is 126 cm³/mol. The minimum Gasteiger partial charge on any atom is -0.337 e. The van der Waals surface area contributed by atoms with E-state index in [1.165, 1.54) is 4.57 Å². The largest absolute Gasteiger partial charge is 0.337 e. The Morgan fingerprint density at radius 1 is 1.26 bits per heavy atom. The molecule has 2 N–H and O–H groups in total. The lowest BCUT2D eigenvalue weighted by Crippen LogP contribution is -2.47. The summed E-state index contributed by atoms with van der Waals surface area (Å²) >= 11 is 0. The van der Waals surface area contributed by atoms with Gasteiger partial charge < -0.3 is 10.2 Å². The highest BCUT2D eigenvalue weighted by molar-refractivity contribution is 6.05. The van der Waals surface area contributed by atoms with Crippen molar-refractivity contribution in [1.29, 1.82) is 0 Å². The summed E-state index contributed by atoms with van der Waals surface area (Å²) in [7, 11) is 1.90. The molecule has 10 heteroatoms. The lowest BCUT2D eigenvalue weighted by molar-refractivity contribution is 0.0700. The van der Waals surface area contributed by atoms with Gasteiger partial charge in [-0.15, -0.1) is 24.8 Å². The Kier molecular flexibility index (Phi) is 8.30. The summed E-state index contributed by atoms with van der Waals surface area (Å²) in [5.74, 6) is 0.351. The summed E-state index contributed by atoms with van der Waals surface area (Å²) in [5, 5.41) is 3.47. The number of halogens is 2. The highest BCUT2D eigenvalue weighted by Gasteiger charge is 2.31. The highest BCUT2D eigenvalue weighted by atomic mass is 35.5. The summed E-state index contributed by atoms with van der Waals surface area (Å²) in [6.07, 6.45) is 3.99. The Hall–Kier alpha value is -1.90. The molecule has 2 aromatic rings. The van der Waals surface area contributed by atoms with Crippen molar-refractivity contribution in [3.8, 4) is 0 Å². The number of likely N-dealkylation sites (N-methyl/N-ethyl adjacent to an activating group) is 1. The van der Waals surface area contributed by atoms with Crippen molar-refractivity contribution in [3.05, 3.63) is 38.2 Å². The number of rotatable bonds is 5. The molecular weight excluding hydrogens is 441 g/mol. The van der Waals surface area contributed by atoms with Crippen LogP contribution in [-0.4, -0.2) is 51.5 Å². The molecule has 1 aliphatic carbocycles. The Bertz CT molecular complexity index is 1060. The number of pyridine rings is 1. The number of H-pyrrole nitrogens is 1. The summed E-state index contributed by atoms with van der Waals surface area (Å²) in [5.41, 5.74) is 0.508. The maximum atomic E-state index is 13.5. The lowest BCUT2D eigenvalue weighted by atomic mass is 10.0. The normalized spacial score (nSPS) is 18.6. The Morgan fingerprint density at radius 3 is 2.58 bits per heavy atom. The molecule has 1 amide bonds. The number of carbonyl (C=O) groups excluding carboxylic acids is 1. The number of aromatic nitrogens is 3. The van der Waals surface area contributed by atoms with Gasteiger partial charge in [0, 0.05) is 37.3 Å². The number of amides is 1. The average molecular weight is 472 g/mol. The number of fused-ring (bicyclic) bond motifs is 1. The van der Waals surface area contributed by atoms with Crippen molar-refractivity contribution in [2.75, 3.05) is 20.1 Å². The summed E-state index contributed by atoms with van der Waals surface area (Å²) in [6.45, 7) is 5.73. The first kappa shape index (κ1) is 25.4. The highest BCUT2D eigenvalue weighted by Crippen LogP contribution is 2.40. The van der Waals surface area contributed by atoms with Crippen LogP contribution in [0.25, 0.3) is 11.0 Å². The van der Waals surface area contributed by atoms with E-state index in [1.54, 1.807) is 6.07 Å². The first-order chi connectivity index (χ1) is 13.9. The molecule has 4 rings (SSSR count). The maximum absolute atomic E-state index is 13.5. The zero-order valence-electron chi connectivity index (χ0n) is 18.1. The minimum atomic E-state index is -0.537. The molecule has 2 fully saturated rings. The molecule has 1 atom stereocenters. The molecular formula is C21H31Cl2N5O3. The van der Waals surface area contributed by atoms with E-state index < -0.39 is 11.2 Å². The molecule has 1 unspecified atom stereocenters. The van der Waals surface area contributed by atoms with Crippen LogP contribution in [0.15, 0.2) is 15.7 Å². The molecule has 31 heavy (non-hydrogen) atoms. The van der Waals surface area contributed by atoms with Crippen molar-refractivity contribution in [2.24, 2.45) is 5.92 Å². The van der Waals surface area contributed by atoms with Gasteiger partial charge in [-0.3, -0.25) is 19.1 Å². The van der Waals surface area contributed by atoms with Crippen molar-refractivity contribution in [3.63, 3.8) is 0 Å². The second kappa shape index (κ2) is 10.1. The van der Waals surface area contributed by atoms with E-state index in [1.807, 2.05) is 25.8 Å². The molecule has 172 valence electrons. The number of carbonyl (C=O) groups is 1. The first-order valence-electron chi connectivity index (χ1n) is 10.5. The second-order valence-electron chi connectivity index (χ2n) is 8.71. The number of hydrogen-bond acceptors (Lipinski definition) is 5. The van der Waals surface area contributed by atoms with Crippen LogP contribution in [0.1, 0.15) is 61.5 Å². The van der Waals surface area contributed by atoms with Crippen LogP contribution in [0, 0.1) is 5.92 Å². The molecule has 2 aliphatic rings. The van der Waals surface area contributed by atoms with Crippen LogP contribution in [-0.2, 0) is 6.54 Å². The molecule has 1 aliphatic heterocycles. The van der Waals surface area contributed by atoms with E-state index in [-0.39, 0.29) is 48.1 Å². The van der Waals surface area contributed by atoms with Gasteiger partial charge in [0.25, 0.3) is 11.5 Å². The van der Waals surface area contributed by atoms with Crippen molar-refractivity contribution >= 4 is 41.8 Å². The zero-order valence-corrected chi connectivity index (χ0v) is 19.8. The van der Waals surface area contributed by atoms with Crippen LogP contribution in [0.4, 0.5) is 0 Å². The van der Waals surface area contributed by atoms with Crippen molar-refractivity contribution in [1.82, 2.24) is 24.8 Å². The topological polar surface area (TPSA) is 100 Å². The van der Waals surface area contributed by atoms with Crippen LogP contribution in [0.5, 0.6) is 0 Å². The number of likely N-dealkylation sites (tertiary alicyclic amines) is 1. The third-order valence-electron chi connectivity index (χ3n) is 5.86. The van der Waals surface area contributed by atoms with Gasteiger partial charge in [-0.05, 0) is 44.7 Å². The second-order valence-corrected chi connectivity index (χ2v) is 8.71. The SMILES string of the molecule is CNC1CCCN(C(=O)c2cc(C3CC3)nc3c2c(=O)[nH]c(=O)n3CC(C)C)C1.Cl.Cl. The molecule has 2 aromatic heterocycles. The number of nitrogens with zero attached hydrogens (tertiary/aromatic N) is 3. The summed E-state index contributed by atoms with van der Waals surface area (Å²) in [6, 6.07) is 2.03. The Balaban J connectivity index is 0.00000171. The molecule has 0 spiro atoms. The molecule has 3 heterocycles. The molecule has 0 aromatic carbocycles. The standard InChI is InChI=1S/C21H29N5O3.2ClH/c1-12(2)10-26-18-17(19(27)24-21(26)29)15(9-16(23-18)13-6-7-13)20(28)25-8-4-5-14(11-25)22-3;;/h9,12-14,22H,4-8,10-11H2,1-3H3,(H,24,27,29);2*1H. The smallest absolute Gasteiger partial charge is 0.330 e. The molecule has 0 radical (unpaired) electrons. The number of hydrogen-bond donors (Lipinski definition) is 2. The first-order valence-corrected chi connectivity index (χ1v) is 10.5. The van der Waals surface area contributed by atoms with Crippen LogP contribution in [0.3, 0.4) is 0 Å². The fourth-order valence-corrected chi connectivity index (χ4v) is 4.15. The Labute approximate surface area is 193 Å². The fraction of sp³-hybridized carbons (Fsp3) is 0.619. The van der Waals surface area contributed by atoms with Crippen LogP contribution < -0.4 is 16.6 Å². The summed E-state index contributed by atoms with van der Waals surface area (Å²) < 4.78 is 1.51. The van der Waals surface area contributed by atoms with Crippen LogP contribution in [0.2, 0.25) is 0 Å². The lowest BCUT2D eigenvalue weighted by Gasteiger charge is -2.33. The number of piperidine rings is 1. The predicted octanol–water partition coefficient (Wildman–Crippen LogP) is 2.29. The minimum absolute atomic E-state index is 0. The Morgan fingerprint density at radius 2 is 1.97 bits per heavy atom. The van der Waals surface area contributed by atoms with Gasteiger partial charge in [0.15, 0.2) is 5.65 Å². The average Bonchev–Trinajstić information content (AvgIpc) is 3.55. The van der Waals surface area contributed by atoms with Gasteiger partial charge in [-0.2, -0.15) is 0 Å². The van der Waals surface area contributed by atoms with E-state index in [0.29, 0.717) is 36.8 Å². The quantitative estimate of drug-likeness (QED) is 0.696. The van der Waals surface area contributed by atoms with Crippen LogP contribution >= 0.6 is 24.8 Å². The fourth-order valence-electron chi connectivity index (χ4n) is 4.15. The zero-order chi connectivity index (χ0) is 20.7. The van der Waals surface area contributed by atoms with E-state index in [2.05, 4.69) is 10.3 Å². The van der Waals surface area contributed by atoms with E-state index in [4.69, 9.17) is 4.98 Å². The van der Waals surface area contributed by atoms with E-state index in [0.717, 1.165) is 31.4 Å². The number of aromatic amines is 1. The molecule has 1 saturated carbocycles. The van der Waals surface area contributed by atoms with Crippen molar-refractivity contribution in [2.45, 2.75) is 58.0 Å². The van der Waals surface area contributed by atoms with Gasteiger partial charge >= 0.3 is 5.69 Å². The molecule has 0 bridgehead atoms. The third kappa shape index (κ3) is 5.13. The van der Waals surface area contributed by atoms with E-state index in [9.17, 15) is 14.4 Å². The third-order valence-corrected chi connectivity index (χ3v) is 5.86. The maximum Gasteiger partial charge on any atom is 0.330 e. The van der Waals surface area contributed by atoms with Crippen molar-refractivity contribution < 1.29 is 4.79 Å². The molecule has 8 nitrogen and oxygen atoms in total.